The van der Waals surface area contributed by atoms with Crippen LogP contribution in [0.5, 0.6) is 0 Å². The molecule has 24 heavy (non-hydrogen) atoms. The lowest BCUT2D eigenvalue weighted by Gasteiger charge is -2.12. The van der Waals surface area contributed by atoms with E-state index in [-0.39, 0.29) is 12.0 Å². The molecule has 2 N–H and O–H groups in total. The van der Waals surface area contributed by atoms with Crippen LogP contribution in [0.1, 0.15) is 28.8 Å². The molecule has 1 saturated heterocycles. The molecule has 6 heteroatoms. The first-order valence-corrected chi connectivity index (χ1v) is 8.37. The molecule has 0 bridgehead atoms. The number of hydrogen-bond donors (Lipinski definition) is 2. The third kappa shape index (κ3) is 4.24. The minimum absolute atomic E-state index is 0.219. The Balaban J connectivity index is 1.63. The summed E-state index contributed by atoms with van der Waals surface area (Å²) in [7, 11) is 0. The molecule has 2 heterocycles. The van der Waals surface area contributed by atoms with Gasteiger partial charge in [-0.2, -0.15) is 0 Å². The van der Waals surface area contributed by atoms with Gasteiger partial charge < -0.3 is 15.4 Å². The molecule has 0 spiro atoms. The van der Waals surface area contributed by atoms with Crippen molar-refractivity contribution < 1.29 is 9.53 Å². The Kier molecular flexibility index (Phi) is 5.33. The monoisotopic (exact) mass is 345 g/mol. The van der Waals surface area contributed by atoms with Crippen molar-refractivity contribution in [3.05, 3.63) is 52.8 Å². The first-order valence-electron chi connectivity index (χ1n) is 8.00. The number of amides is 1. The molecule has 1 amide bonds. The maximum Gasteiger partial charge on any atom is 0.257 e. The number of pyridine rings is 1. The summed E-state index contributed by atoms with van der Waals surface area (Å²) in [6, 6.07) is 7.22. The van der Waals surface area contributed by atoms with Gasteiger partial charge in [-0.05, 0) is 43.5 Å². The molecule has 1 fully saturated rings. The van der Waals surface area contributed by atoms with E-state index in [1.54, 1.807) is 24.5 Å². The van der Waals surface area contributed by atoms with Gasteiger partial charge in [0.05, 0.1) is 17.4 Å². The van der Waals surface area contributed by atoms with Gasteiger partial charge in [0.2, 0.25) is 0 Å². The SMILES string of the molecule is Cc1ccc(NC(=O)c2cncc(NCC3CCCO3)c2)cc1Cl. The van der Waals surface area contributed by atoms with E-state index < -0.39 is 0 Å². The average molecular weight is 346 g/mol. The molecule has 1 unspecified atom stereocenters. The number of ether oxygens (including phenoxy) is 1. The van der Waals surface area contributed by atoms with E-state index in [0.29, 0.717) is 16.3 Å². The standard InChI is InChI=1S/C18H20ClN3O2/c1-12-4-5-14(8-17(12)19)22-18(23)13-7-15(10-20-9-13)21-11-16-3-2-6-24-16/h4-5,7-10,16,21H,2-3,6,11H2,1H3,(H,22,23). The van der Waals surface area contributed by atoms with Crippen LogP contribution in [-0.4, -0.2) is 30.1 Å². The number of nitrogens with one attached hydrogen (secondary N) is 2. The molecule has 126 valence electrons. The number of aryl methyl sites for hydroxylation is 1. The van der Waals surface area contributed by atoms with Gasteiger partial charge in [-0.15, -0.1) is 0 Å². The summed E-state index contributed by atoms with van der Waals surface area (Å²) in [6.45, 7) is 3.47. The molecule has 1 aromatic carbocycles. The summed E-state index contributed by atoms with van der Waals surface area (Å²) >= 11 is 6.09. The zero-order chi connectivity index (χ0) is 16.9. The summed E-state index contributed by atoms with van der Waals surface area (Å²) < 4.78 is 5.58. The van der Waals surface area contributed by atoms with E-state index in [0.717, 1.165) is 37.2 Å². The molecular weight excluding hydrogens is 326 g/mol. The predicted molar refractivity (Wildman–Crippen MR) is 95.8 cm³/mol. The van der Waals surface area contributed by atoms with Crippen molar-refractivity contribution in [3.8, 4) is 0 Å². The lowest BCUT2D eigenvalue weighted by molar-refractivity contribution is 0.102. The maximum absolute atomic E-state index is 12.4. The van der Waals surface area contributed by atoms with Gasteiger partial charge in [0, 0.05) is 36.3 Å². The van der Waals surface area contributed by atoms with Gasteiger partial charge >= 0.3 is 0 Å². The minimum Gasteiger partial charge on any atom is -0.381 e. The molecular formula is C18H20ClN3O2. The molecule has 0 aliphatic carbocycles. The zero-order valence-corrected chi connectivity index (χ0v) is 14.3. The molecule has 2 aromatic rings. The van der Waals surface area contributed by atoms with Crippen molar-refractivity contribution in [1.82, 2.24) is 4.98 Å². The van der Waals surface area contributed by atoms with Gasteiger partial charge in [-0.25, -0.2) is 0 Å². The third-order valence-electron chi connectivity index (χ3n) is 3.99. The number of halogens is 1. The topological polar surface area (TPSA) is 63.2 Å². The molecule has 1 aliphatic rings. The fraction of sp³-hybridized carbons (Fsp3) is 0.333. The molecule has 1 aromatic heterocycles. The number of aromatic nitrogens is 1. The average Bonchev–Trinajstić information content (AvgIpc) is 3.10. The fourth-order valence-corrected chi connectivity index (χ4v) is 2.75. The van der Waals surface area contributed by atoms with Crippen LogP contribution in [0, 0.1) is 6.92 Å². The molecule has 0 radical (unpaired) electrons. The smallest absolute Gasteiger partial charge is 0.257 e. The van der Waals surface area contributed by atoms with E-state index in [2.05, 4.69) is 15.6 Å². The van der Waals surface area contributed by atoms with Gasteiger partial charge in [0.25, 0.3) is 5.91 Å². The Morgan fingerprint density at radius 2 is 2.21 bits per heavy atom. The number of nitrogens with zero attached hydrogens (tertiary/aromatic N) is 1. The summed E-state index contributed by atoms with van der Waals surface area (Å²) in [6.07, 6.45) is 5.65. The van der Waals surface area contributed by atoms with E-state index in [1.807, 2.05) is 19.1 Å². The van der Waals surface area contributed by atoms with E-state index in [4.69, 9.17) is 16.3 Å². The second kappa shape index (κ2) is 7.64. The Hall–Kier alpha value is -2.11. The molecule has 3 rings (SSSR count). The Labute approximate surface area is 146 Å². The normalized spacial score (nSPS) is 16.8. The third-order valence-corrected chi connectivity index (χ3v) is 4.40. The maximum atomic E-state index is 12.4. The van der Waals surface area contributed by atoms with Crippen molar-refractivity contribution in [2.75, 3.05) is 23.8 Å². The first-order chi connectivity index (χ1) is 11.6. The Morgan fingerprint density at radius 1 is 1.33 bits per heavy atom. The number of carbonyl (C=O) groups is 1. The van der Waals surface area contributed by atoms with Gasteiger partial charge in [-0.3, -0.25) is 9.78 Å². The van der Waals surface area contributed by atoms with E-state index >= 15 is 0 Å². The quantitative estimate of drug-likeness (QED) is 0.863. The van der Waals surface area contributed by atoms with Crippen LogP contribution in [0.2, 0.25) is 5.02 Å². The van der Waals surface area contributed by atoms with Crippen molar-refractivity contribution >= 4 is 28.9 Å². The van der Waals surface area contributed by atoms with Crippen molar-refractivity contribution in [3.63, 3.8) is 0 Å². The van der Waals surface area contributed by atoms with Crippen LogP contribution in [0.15, 0.2) is 36.7 Å². The lowest BCUT2D eigenvalue weighted by atomic mass is 10.2. The molecule has 5 nitrogen and oxygen atoms in total. The number of benzene rings is 1. The summed E-state index contributed by atoms with van der Waals surface area (Å²) in [5.74, 6) is -0.219. The van der Waals surface area contributed by atoms with E-state index in [9.17, 15) is 4.79 Å². The molecule has 1 atom stereocenters. The van der Waals surface area contributed by atoms with Crippen LogP contribution >= 0.6 is 11.6 Å². The largest absolute Gasteiger partial charge is 0.381 e. The van der Waals surface area contributed by atoms with Gasteiger partial charge in [0.1, 0.15) is 0 Å². The number of carbonyl (C=O) groups excluding carboxylic acids is 1. The summed E-state index contributed by atoms with van der Waals surface area (Å²) in [5, 5.41) is 6.73. The van der Waals surface area contributed by atoms with Gasteiger partial charge in [-0.1, -0.05) is 17.7 Å². The van der Waals surface area contributed by atoms with Crippen LogP contribution in [0.3, 0.4) is 0 Å². The molecule has 1 aliphatic heterocycles. The van der Waals surface area contributed by atoms with E-state index in [1.165, 1.54) is 0 Å². The number of rotatable bonds is 5. The minimum atomic E-state index is -0.219. The Morgan fingerprint density at radius 3 is 2.96 bits per heavy atom. The highest BCUT2D eigenvalue weighted by atomic mass is 35.5. The van der Waals surface area contributed by atoms with Crippen molar-refractivity contribution in [2.24, 2.45) is 0 Å². The van der Waals surface area contributed by atoms with Crippen LogP contribution in [-0.2, 0) is 4.74 Å². The predicted octanol–water partition coefficient (Wildman–Crippen LogP) is 3.89. The number of hydrogen-bond acceptors (Lipinski definition) is 4. The highest BCUT2D eigenvalue weighted by Gasteiger charge is 2.15. The first kappa shape index (κ1) is 16.7. The number of anilines is 2. The zero-order valence-electron chi connectivity index (χ0n) is 13.5. The van der Waals surface area contributed by atoms with Crippen molar-refractivity contribution in [1.29, 1.82) is 0 Å². The second-order valence-electron chi connectivity index (χ2n) is 5.90. The summed E-state index contributed by atoms with van der Waals surface area (Å²) in [5.41, 5.74) is 2.93. The van der Waals surface area contributed by atoms with Crippen molar-refractivity contribution in [2.45, 2.75) is 25.9 Å². The lowest BCUT2D eigenvalue weighted by Crippen LogP contribution is -2.19. The highest BCUT2D eigenvalue weighted by Crippen LogP contribution is 2.21. The van der Waals surface area contributed by atoms with Crippen LogP contribution in [0.25, 0.3) is 0 Å². The van der Waals surface area contributed by atoms with Crippen LogP contribution < -0.4 is 10.6 Å². The fourth-order valence-electron chi connectivity index (χ4n) is 2.57. The molecule has 0 saturated carbocycles. The summed E-state index contributed by atoms with van der Waals surface area (Å²) in [4.78, 5) is 16.5. The second-order valence-corrected chi connectivity index (χ2v) is 6.30. The van der Waals surface area contributed by atoms with Gasteiger partial charge in [0.15, 0.2) is 0 Å². The van der Waals surface area contributed by atoms with Crippen LogP contribution in [0.4, 0.5) is 11.4 Å². The highest BCUT2D eigenvalue weighted by molar-refractivity contribution is 6.31. The Bertz CT molecular complexity index is 730.